The van der Waals surface area contributed by atoms with Crippen molar-refractivity contribution in [2.75, 3.05) is 37.9 Å². The molecule has 0 aliphatic heterocycles. The van der Waals surface area contributed by atoms with Gasteiger partial charge in [0.1, 0.15) is 0 Å². The van der Waals surface area contributed by atoms with E-state index >= 15 is 0 Å². The lowest BCUT2D eigenvalue weighted by atomic mass is 10.2. The van der Waals surface area contributed by atoms with Gasteiger partial charge in [-0.2, -0.15) is 11.8 Å². The van der Waals surface area contributed by atoms with E-state index in [1.165, 1.54) is 12.8 Å². The van der Waals surface area contributed by atoms with Crippen molar-refractivity contribution in [3.8, 4) is 0 Å². The molecule has 7 heteroatoms. The molecule has 0 aromatic rings. The Hall–Kier alpha value is -0.0831. The summed E-state index contributed by atoms with van der Waals surface area (Å²) in [4.78, 5) is 11.6. The van der Waals surface area contributed by atoms with Gasteiger partial charge in [-0.25, -0.2) is 0 Å². The van der Waals surface area contributed by atoms with Gasteiger partial charge in [0.2, 0.25) is 0 Å². The summed E-state index contributed by atoms with van der Waals surface area (Å²) in [6.07, 6.45) is 6.00. The maximum absolute atomic E-state index is 11.6. The molecule has 0 spiro atoms. The molecule has 0 heterocycles. The van der Waals surface area contributed by atoms with Crippen LogP contribution in [0.5, 0.6) is 0 Å². The molecule has 0 amide bonds. The van der Waals surface area contributed by atoms with Crippen LogP contribution in [0.3, 0.4) is 0 Å². The third-order valence-electron chi connectivity index (χ3n) is 3.58. The Morgan fingerprint density at radius 1 is 0.840 bits per heavy atom. The molecule has 0 fully saturated rings. The first-order chi connectivity index (χ1) is 12.1. The normalized spacial score (nSPS) is 11.7. The Morgan fingerprint density at radius 2 is 1.48 bits per heavy atom. The van der Waals surface area contributed by atoms with Crippen molar-refractivity contribution in [2.45, 2.75) is 72.3 Å². The van der Waals surface area contributed by atoms with Crippen molar-refractivity contribution >= 4 is 26.5 Å². The molecule has 0 atom stereocenters. The number of thioether (sulfide) groups is 1. The molecule has 5 nitrogen and oxygen atoms in total. The van der Waals surface area contributed by atoms with Gasteiger partial charge in [-0.1, -0.05) is 26.2 Å². The summed E-state index contributed by atoms with van der Waals surface area (Å²) in [5.74, 6) is 1.71. The number of carbonyl (C=O) groups excluding carboxylic acids is 1. The second-order valence-electron chi connectivity index (χ2n) is 5.73. The van der Waals surface area contributed by atoms with Crippen LogP contribution >= 0.6 is 11.8 Å². The fourth-order valence-corrected chi connectivity index (χ4v) is 6.17. The van der Waals surface area contributed by atoms with Crippen molar-refractivity contribution in [3.63, 3.8) is 0 Å². The van der Waals surface area contributed by atoms with Gasteiger partial charge in [-0.15, -0.1) is 0 Å². The minimum Gasteiger partial charge on any atom is -0.466 e. The fraction of sp³-hybridized carbons (Fsp3) is 0.944. The highest BCUT2D eigenvalue weighted by Gasteiger charge is 2.39. The lowest BCUT2D eigenvalue weighted by Crippen LogP contribution is -2.46. The van der Waals surface area contributed by atoms with E-state index in [9.17, 15) is 4.79 Å². The lowest BCUT2D eigenvalue weighted by molar-refractivity contribution is -0.143. The zero-order chi connectivity index (χ0) is 18.8. The minimum absolute atomic E-state index is 0.0781. The van der Waals surface area contributed by atoms with Crippen LogP contribution in [0.15, 0.2) is 0 Å². The number of carbonyl (C=O) groups is 1. The van der Waals surface area contributed by atoms with Crippen LogP contribution in [0.25, 0.3) is 0 Å². The summed E-state index contributed by atoms with van der Waals surface area (Å²) < 4.78 is 22.8. The molecule has 150 valence electrons. The zero-order valence-corrected chi connectivity index (χ0v) is 18.5. The lowest BCUT2D eigenvalue weighted by Gasteiger charge is -2.28. The summed E-state index contributed by atoms with van der Waals surface area (Å²) >= 11 is 1.78. The summed E-state index contributed by atoms with van der Waals surface area (Å²) in [6.45, 7) is 10.5. The Morgan fingerprint density at radius 3 is 2.04 bits per heavy atom. The van der Waals surface area contributed by atoms with E-state index in [4.69, 9.17) is 18.0 Å². The Balaban J connectivity index is 3.78. The third kappa shape index (κ3) is 13.7. The molecule has 0 aliphatic carbocycles. The molecule has 0 saturated heterocycles. The monoisotopic (exact) mass is 394 g/mol. The molecule has 0 saturated carbocycles. The van der Waals surface area contributed by atoms with Gasteiger partial charge < -0.3 is 18.0 Å². The smallest absolute Gasteiger partial charge is 0.466 e. The standard InChI is InChI=1S/C18H38O5SSi/c1-5-9-10-11-14-20-18(19)13-16-24-15-12-17-25(21-6-2,22-7-3)23-8-4/h5-17H2,1-4H3. The molecule has 0 unspecified atom stereocenters. The van der Waals surface area contributed by atoms with E-state index < -0.39 is 8.80 Å². The summed E-state index contributed by atoms with van der Waals surface area (Å²) in [7, 11) is -2.51. The fourth-order valence-electron chi connectivity index (χ4n) is 2.44. The molecule has 0 radical (unpaired) electrons. The number of hydrogen-bond donors (Lipinski definition) is 0. The second kappa shape index (κ2) is 17.3. The number of ether oxygens (including phenoxy) is 1. The number of rotatable bonds is 18. The molecule has 0 rings (SSSR count). The van der Waals surface area contributed by atoms with Crippen LogP contribution < -0.4 is 0 Å². The maximum Gasteiger partial charge on any atom is 0.500 e. The predicted octanol–water partition coefficient (Wildman–Crippen LogP) is 4.67. The average molecular weight is 395 g/mol. The van der Waals surface area contributed by atoms with E-state index in [-0.39, 0.29) is 5.97 Å². The molecule has 0 aliphatic rings. The van der Waals surface area contributed by atoms with Crippen LogP contribution in [0.1, 0.15) is 66.2 Å². The molecule has 0 N–H and O–H groups in total. The van der Waals surface area contributed by atoms with Crippen LogP contribution in [0.4, 0.5) is 0 Å². The van der Waals surface area contributed by atoms with Gasteiger partial charge in [-0.3, -0.25) is 4.79 Å². The molecular formula is C18H38O5SSi. The van der Waals surface area contributed by atoms with Gasteiger partial charge >= 0.3 is 14.8 Å². The predicted molar refractivity (Wildman–Crippen MR) is 107 cm³/mol. The summed E-state index contributed by atoms with van der Waals surface area (Å²) in [5.41, 5.74) is 0. The SMILES string of the molecule is CCCCCCOC(=O)CCSCCC[Si](OCC)(OCC)OCC. The van der Waals surface area contributed by atoms with E-state index in [1.54, 1.807) is 11.8 Å². The van der Waals surface area contributed by atoms with Crippen LogP contribution in [-0.2, 0) is 22.8 Å². The van der Waals surface area contributed by atoms with Crippen LogP contribution in [0.2, 0.25) is 6.04 Å². The van der Waals surface area contributed by atoms with Crippen molar-refractivity contribution in [1.29, 1.82) is 0 Å². The van der Waals surface area contributed by atoms with Crippen LogP contribution in [0, 0.1) is 0 Å². The van der Waals surface area contributed by atoms with Gasteiger partial charge in [0.15, 0.2) is 0 Å². The highest BCUT2D eigenvalue weighted by molar-refractivity contribution is 7.99. The first-order valence-corrected chi connectivity index (χ1v) is 12.9. The van der Waals surface area contributed by atoms with Crippen LogP contribution in [-0.4, -0.2) is 52.7 Å². The first-order valence-electron chi connectivity index (χ1n) is 9.79. The molecular weight excluding hydrogens is 356 g/mol. The van der Waals surface area contributed by atoms with Crippen molar-refractivity contribution < 1.29 is 22.8 Å². The second-order valence-corrected chi connectivity index (χ2v) is 9.69. The first kappa shape index (κ1) is 24.9. The van der Waals surface area contributed by atoms with E-state index in [1.807, 2.05) is 20.8 Å². The Labute approximate surface area is 159 Å². The Bertz CT molecular complexity index is 301. The largest absolute Gasteiger partial charge is 0.500 e. The number of esters is 1. The van der Waals surface area contributed by atoms with Gasteiger partial charge in [0.25, 0.3) is 0 Å². The number of unbranched alkanes of at least 4 members (excludes halogenated alkanes) is 3. The van der Waals surface area contributed by atoms with E-state index in [2.05, 4.69) is 6.92 Å². The number of hydrogen-bond acceptors (Lipinski definition) is 6. The van der Waals surface area contributed by atoms with Crippen molar-refractivity contribution in [1.82, 2.24) is 0 Å². The maximum atomic E-state index is 11.6. The quantitative estimate of drug-likeness (QED) is 0.191. The van der Waals surface area contributed by atoms with Gasteiger partial charge in [0.05, 0.1) is 13.0 Å². The third-order valence-corrected chi connectivity index (χ3v) is 7.80. The minimum atomic E-state index is -2.51. The Kier molecular flexibility index (Phi) is 17.3. The average Bonchev–Trinajstić information content (AvgIpc) is 2.58. The molecule has 25 heavy (non-hydrogen) atoms. The van der Waals surface area contributed by atoms with Crippen molar-refractivity contribution in [2.24, 2.45) is 0 Å². The van der Waals surface area contributed by atoms with Gasteiger partial charge in [-0.05, 0) is 39.4 Å². The van der Waals surface area contributed by atoms with Crippen molar-refractivity contribution in [3.05, 3.63) is 0 Å². The highest BCUT2D eigenvalue weighted by Crippen LogP contribution is 2.20. The summed E-state index contributed by atoms with van der Waals surface area (Å²) in [5, 5.41) is 0. The highest BCUT2D eigenvalue weighted by atomic mass is 32.2. The topological polar surface area (TPSA) is 54.0 Å². The van der Waals surface area contributed by atoms with Gasteiger partial charge in [0, 0.05) is 31.6 Å². The van der Waals surface area contributed by atoms with E-state index in [0.29, 0.717) is 32.8 Å². The summed E-state index contributed by atoms with van der Waals surface area (Å²) in [6, 6.07) is 0.831. The molecule has 0 bridgehead atoms. The van der Waals surface area contributed by atoms with E-state index in [0.717, 1.165) is 36.8 Å². The zero-order valence-electron chi connectivity index (χ0n) is 16.6. The molecule has 0 aromatic heterocycles. The molecule has 0 aromatic carbocycles.